The Kier molecular flexibility index (Phi) is 13.1. The van der Waals surface area contributed by atoms with Gasteiger partial charge in [-0.05, 0) is 52.2 Å². The maximum Gasteiger partial charge on any atom is 0.0737 e. The van der Waals surface area contributed by atoms with Crippen molar-refractivity contribution in [2.24, 2.45) is 0 Å². The standard InChI is InChI=1S/C19H30N2O.2C2H6/c1-14(2)22-21-12-7-6-11-19(21)17(5)20-16(4)18-10-8-9-15(3)13-18;2*1-2/h8-10,13-14,17,19-20H,4,6-7,11-12H2,1-3,5H3;2*1-2H3. The third-order valence-corrected chi connectivity index (χ3v) is 4.19. The summed E-state index contributed by atoms with van der Waals surface area (Å²) in [6.45, 7) is 21.8. The number of hydroxylamine groups is 2. The Bertz CT molecular complexity index is 499. The van der Waals surface area contributed by atoms with Crippen LogP contribution in [0.5, 0.6) is 0 Å². The van der Waals surface area contributed by atoms with Crippen LogP contribution in [0.2, 0.25) is 0 Å². The van der Waals surface area contributed by atoms with Gasteiger partial charge in [0, 0.05) is 18.3 Å². The van der Waals surface area contributed by atoms with Crippen LogP contribution in [0.1, 0.15) is 78.9 Å². The fourth-order valence-corrected chi connectivity index (χ4v) is 3.12. The van der Waals surface area contributed by atoms with E-state index >= 15 is 0 Å². The Morgan fingerprint density at radius 3 is 2.38 bits per heavy atom. The summed E-state index contributed by atoms with van der Waals surface area (Å²) < 4.78 is 0. The minimum atomic E-state index is 0.229. The second-order valence-corrected chi connectivity index (χ2v) is 6.64. The van der Waals surface area contributed by atoms with Gasteiger partial charge in [0.2, 0.25) is 0 Å². The average molecular weight is 363 g/mol. The molecule has 1 aromatic carbocycles. The number of rotatable bonds is 6. The van der Waals surface area contributed by atoms with Crippen LogP contribution in [0.25, 0.3) is 5.70 Å². The van der Waals surface area contributed by atoms with Crippen molar-refractivity contribution in [3.63, 3.8) is 0 Å². The van der Waals surface area contributed by atoms with Crippen molar-refractivity contribution in [2.45, 2.75) is 92.8 Å². The smallest absolute Gasteiger partial charge is 0.0737 e. The Morgan fingerprint density at radius 2 is 1.81 bits per heavy atom. The lowest BCUT2D eigenvalue weighted by molar-refractivity contribution is -0.226. The topological polar surface area (TPSA) is 24.5 Å². The average Bonchev–Trinajstić information content (AvgIpc) is 2.65. The number of piperidine rings is 1. The maximum absolute atomic E-state index is 5.99. The first-order chi connectivity index (χ1) is 12.5. The molecule has 1 saturated heterocycles. The van der Waals surface area contributed by atoms with Crippen LogP contribution in [-0.4, -0.2) is 29.8 Å². The first kappa shape index (κ1) is 24.7. The van der Waals surface area contributed by atoms with Crippen molar-refractivity contribution in [2.75, 3.05) is 6.54 Å². The third kappa shape index (κ3) is 8.37. The van der Waals surface area contributed by atoms with Gasteiger partial charge >= 0.3 is 0 Å². The molecule has 1 fully saturated rings. The molecule has 1 aliphatic rings. The van der Waals surface area contributed by atoms with Crippen molar-refractivity contribution in [3.8, 4) is 0 Å². The second kappa shape index (κ2) is 13.8. The van der Waals surface area contributed by atoms with Crippen molar-refractivity contribution in [1.82, 2.24) is 10.4 Å². The summed E-state index contributed by atoms with van der Waals surface area (Å²) >= 11 is 0. The number of nitrogens with zero attached hydrogens (tertiary/aromatic N) is 1. The second-order valence-electron chi connectivity index (χ2n) is 6.64. The maximum atomic E-state index is 5.99. The van der Waals surface area contributed by atoms with Crippen molar-refractivity contribution >= 4 is 5.70 Å². The lowest BCUT2D eigenvalue weighted by Crippen LogP contribution is -2.51. The van der Waals surface area contributed by atoms with Gasteiger partial charge < -0.3 is 5.32 Å². The molecule has 0 spiro atoms. The highest BCUT2D eigenvalue weighted by molar-refractivity contribution is 5.62. The summed E-state index contributed by atoms with van der Waals surface area (Å²) in [4.78, 5) is 5.99. The van der Waals surface area contributed by atoms with Crippen molar-refractivity contribution in [1.29, 1.82) is 0 Å². The summed E-state index contributed by atoms with van der Waals surface area (Å²) in [5, 5.41) is 5.76. The number of hydrogen-bond donors (Lipinski definition) is 1. The minimum Gasteiger partial charge on any atom is -0.381 e. The molecule has 0 aromatic heterocycles. The van der Waals surface area contributed by atoms with Crippen molar-refractivity contribution < 1.29 is 4.84 Å². The zero-order valence-electron chi connectivity index (χ0n) is 18.4. The SMILES string of the molecule is C=C(NC(C)C1CCCCN1OC(C)C)c1cccc(C)c1.CC.CC. The predicted molar refractivity (Wildman–Crippen MR) is 116 cm³/mol. The summed E-state index contributed by atoms with van der Waals surface area (Å²) in [5.41, 5.74) is 3.42. The molecule has 0 bridgehead atoms. The quantitative estimate of drug-likeness (QED) is 0.653. The molecule has 1 aliphatic heterocycles. The highest BCUT2D eigenvalue weighted by Gasteiger charge is 2.29. The van der Waals surface area contributed by atoms with E-state index in [9.17, 15) is 0 Å². The lowest BCUT2D eigenvalue weighted by atomic mass is 9.97. The number of aryl methyl sites for hydroxylation is 1. The van der Waals surface area contributed by atoms with Crippen LogP contribution in [0.3, 0.4) is 0 Å². The number of nitrogens with one attached hydrogen (secondary N) is 1. The highest BCUT2D eigenvalue weighted by atomic mass is 16.7. The Hall–Kier alpha value is -1.32. The Labute approximate surface area is 162 Å². The van der Waals surface area contributed by atoms with E-state index in [1.807, 2.05) is 27.7 Å². The van der Waals surface area contributed by atoms with Crippen LogP contribution >= 0.6 is 0 Å². The molecule has 2 atom stereocenters. The molecule has 150 valence electrons. The molecule has 0 aliphatic carbocycles. The van der Waals surface area contributed by atoms with Gasteiger partial charge in [0.25, 0.3) is 0 Å². The molecule has 3 heteroatoms. The first-order valence-electron chi connectivity index (χ1n) is 10.4. The molecular formula is C23H42N2O. The van der Waals surface area contributed by atoms with Crippen LogP contribution in [0, 0.1) is 6.92 Å². The number of benzene rings is 1. The first-order valence-corrected chi connectivity index (χ1v) is 10.4. The molecule has 1 aromatic rings. The molecule has 1 N–H and O–H groups in total. The van der Waals surface area contributed by atoms with Crippen LogP contribution in [0.15, 0.2) is 30.8 Å². The van der Waals surface area contributed by atoms with Crippen LogP contribution < -0.4 is 5.32 Å². The molecule has 1 heterocycles. The van der Waals surface area contributed by atoms with Gasteiger partial charge in [0.1, 0.15) is 0 Å². The molecule has 0 radical (unpaired) electrons. The van der Waals surface area contributed by atoms with Gasteiger partial charge in [-0.3, -0.25) is 4.84 Å². The molecule has 3 nitrogen and oxygen atoms in total. The normalized spacial score (nSPS) is 18.1. The molecule has 2 rings (SSSR count). The minimum absolute atomic E-state index is 0.229. The largest absolute Gasteiger partial charge is 0.381 e. The molecular weight excluding hydrogens is 320 g/mol. The monoisotopic (exact) mass is 362 g/mol. The summed E-state index contributed by atoms with van der Waals surface area (Å²) in [6, 6.07) is 9.19. The molecule has 26 heavy (non-hydrogen) atoms. The van der Waals surface area contributed by atoms with Crippen LogP contribution in [-0.2, 0) is 4.84 Å². The molecule has 2 unspecified atom stereocenters. The van der Waals surface area contributed by atoms with E-state index in [0.29, 0.717) is 12.1 Å². The summed E-state index contributed by atoms with van der Waals surface area (Å²) in [5.74, 6) is 0. The Morgan fingerprint density at radius 1 is 1.15 bits per heavy atom. The van der Waals surface area contributed by atoms with E-state index in [2.05, 4.69) is 68.9 Å². The summed E-state index contributed by atoms with van der Waals surface area (Å²) in [7, 11) is 0. The fourth-order valence-electron chi connectivity index (χ4n) is 3.12. The Balaban J connectivity index is 0.00000146. The fraction of sp³-hybridized carbons (Fsp3) is 0.652. The van der Waals surface area contributed by atoms with Gasteiger partial charge in [-0.15, -0.1) is 0 Å². The van der Waals surface area contributed by atoms with E-state index in [1.54, 1.807) is 0 Å². The van der Waals surface area contributed by atoms with E-state index in [0.717, 1.165) is 12.2 Å². The van der Waals surface area contributed by atoms with E-state index in [1.165, 1.54) is 30.4 Å². The molecule has 0 amide bonds. The number of hydrogen-bond acceptors (Lipinski definition) is 3. The highest BCUT2D eigenvalue weighted by Crippen LogP contribution is 2.22. The zero-order chi connectivity index (χ0) is 20.1. The van der Waals surface area contributed by atoms with Gasteiger partial charge in [0.05, 0.1) is 12.1 Å². The van der Waals surface area contributed by atoms with E-state index < -0.39 is 0 Å². The lowest BCUT2D eigenvalue weighted by Gasteiger charge is -2.39. The summed E-state index contributed by atoms with van der Waals surface area (Å²) in [6.07, 6.45) is 3.88. The van der Waals surface area contributed by atoms with Crippen LogP contribution in [0.4, 0.5) is 0 Å². The van der Waals surface area contributed by atoms with Gasteiger partial charge in [-0.25, -0.2) is 0 Å². The van der Waals surface area contributed by atoms with Crippen molar-refractivity contribution in [3.05, 3.63) is 42.0 Å². The third-order valence-electron chi connectivity index (χ3n) is 4.19. The zero-order valence-corrected chi connectivity index (χ0v) is 18.4. The predicted octanol–water partition coefficient (Wildman–Crippen LogP) is 6.19. The van der Waals surface area contributed by atoms with E-state index in [4.69, 9.17) is 4.84 Å². The van der Waals surface area contributed by atoms with E-state index in [-0.39, 0.29) is 6.10 Å². The van der Waals surface area contributed by atoms with Gasteiger partial charge in [-0.1, -0.05) is 64.5 Å². The van der Waals surface area contributed by atoms with Gasteiger partial charge in [-0.2, -0.15) is 5.06 Å². The van der Waals surface area contributed by atoms with Gasteiger partial charge in [0.15, 0.2) is 0 Å². The molecule has 0 saturated carbocycles.